The minimum Gasteiger partial charge on any atom is -0.444 e. The number of rotatable bonds is 11. The number of likely N-dealkylation sites (tertiary alicyclic amines) is 1. The fourth-order valence-electron chi connectivity index (χ4n) is 5.75. The topological polar surface area (TPSA) is 130 Å². The first-order chi connectivity index (χ1) is 23.8. The van der Waals surface area contributed by atoms with Crippen LogP contribution in [0.1, 0.15) is 77.4 Å². The molecule has 3 aromatic rings. The van der Waals surface area contributed by atoms with Gasteiger partial charge in [0, 0.05) is 32.7 Å². The van der Waals surface area contributed by atoms with Gasteiger partial charge in [-0.15, -0.1) is 5.10 Å². The number of hydrogen-bond acceptors (Lipinski definition) is 7. The van der Waals surface area contributed by atoms with Crippen LogP contribution in [0.2, 0.25) is 0 Å². The molecule has 1 saturated heterocycles. The fraction of sp³-hybridized carbons (Fsp3) is 0.514. The molecule has 276 valence electrons. The minimum atomic E-state index is -0.931. The Labute approximate surface area is 298 Å². The van der Waals surface area contributed by atoms with E-state index in [9.17, 15) is 28.0 Å². The highest BCUT2D eigenvalue weighted by Crippen LogP contribution is 2.27. The van der Waals surface area contributed by atoms with Crippen LogP contribution in [0.25, 0.3) is 5.69 Å². The van der Waals surface area contributed by atoms with Crippen molar-refractivity contribution in [3.63, 3.8) is 0 Å². The fourth-order valence-corrected chi connectivity index (χ4v) is 5.75. The second kappa shape index (κ2) is 16.0. The van der Waals surface area contributed by atoms with Crippen molar-refractivity contribution in [2.45, 2.75) is 91.5 Å². The van der Waals surface area contributed by atoms with Gasteiger partial charge in [-0.25, -0.2) is 18.3 Å². The van der Waals surface area contributed by atoms with E-state index in [4.69, 9.17) is 4.74 Å². The molecule has 12 nitrogen and oxygen atoms in total. The Morgan fingerprint density at radius 1 is 0.980 bits per heavy atom. The largest absolute Gasteiger partial charge is 0.444 e. The van der Waals surface area contributed by atoms with Gasteiger partial charge in [-0.1, -0.05) is 38.1 Å². The van der Waals surface area contributed by atoms with Gasteiger partial charge in [-0.05, 0) is 94.3 Å². The van der Waals surface area contributed by atoms with Crippen LogP contribution in [0.5, 0.6) is 0 Å². The zero-order valence-electron chi connectivity index (χ0n) is 30.7. The highest BCUT2D eigenvalue weighted by molar-refractivity contribution is 5.93. The number of halogens is 2. The number of nitrogens with zero attached hydrogens (tertiary/aromatic N) is 6. The lowest BCUT2D eigenvalue weighted by molar-refractivity contribution is -0.141. The Bertz CT molecular complexity index is 1680. The number of likely N-dealkylation sites (N-methyl/N-ethyl adjacent to an activating group) is 1. The van der Waals surface area contributed by atoms with Crippen molar-refractivity contribution in [1.82, 2.24) is 35.0 Å². The third-order valence-corrected chi connectivity index (χ3v) is 8.81. The summed E-state index contributed by atoms with van der Waals surface area (Å²) < 4.78 is 33.9. The van der Waals surface area contributed by atoms with Crippen LogP contribution in [-0.2, 0) is 20.7 Å². The molecule has 0 bridgehead atoms. The average molecular weight is 710 g/mol. The van der Waals surface area contributed by atoms with Crippen molar-refractivity contribution in [3.8, 4) is 5.69 Å². The third-order valence-electron chi connectivity index (χ3n) is 8.81. The molecule has 0 saturated carbocycles. The molecule has 3 atom stereocenters. The quantitative estimate of drug-likeness (QED) is 0.297. The molecule has 51 heavy (non-hydrogen) atoms. The van der Waals surface area contributed by atoms with Crippen LogP contribution in [0.15, 0.2) is 54.7 Å². The molecule has 0 radical (unpaired) electrons. The molecule has 1 aliphatic rings. The summed E-state index contributed by atoms with van der Waals surface area (Å²) in [6.45, 7) is 13.2. The summed E-state index contributed by atoms with van der Waals surface area (Å²) in [6, 6.07) is 9.43. The van der Waals surface area contributed by atoms with E-state index in [-0.39, 0.29) is 36.5 Å². The molecule has 1 N–H and O–H groups in total. The minimum absolute atomic E-state index is 0.0669. The van der Waals surface area contributed by atoms with Gasteiger partial charge in [0.05, 0.1) is 11.9 Å². The standard InChI is InChI=1S/C37H49F2N7O5/c1-24(43(8)35(50)51-37(5,6)7)32(47)40-31(36(2,3)4)34(49)45-20-9-10-29(45)22-44(21-19-25-11-13-26(38)14-12-25)33(48)30-23-46(42-41-30)28-17-15-27(39)16-18-28/h11-18,23-24,29,31H,9-10,19-22H2,1-8H3,(H,40,47)/t24-,29-,31+/m0/s1. The van der Waals surface area contributed by atoms with Crippen molar-refractivity contribution in [2.24, 2.45) is 5.41 Å². The highest BCUT2D eigenvalue weighted by atomic mass is 19.1. The zero-order valence-corrected chi connectivity index (χ0v) is 30.7. The number of hydrogen-bond donors (Lipinski definition) is 1. The van der Waals surface area contributed by atoms with Gasteiger partial charge in [0.1, 0.15) is 29.3 Å². The van der Waals surface area contributed by atoms with Crippen molar-refractivity contribution >= 4 is 23.8 Å². The van der Waals surface area contributed by atoms with Crippen molar-refractivity contribution in [1.29, 1.82) is 0 Å². The molecule has 14 heteroatoms. The Morgan fingerprint density at radius 3 is 2.18 bits per heavy atom. The van der Waals surface area contributed by atoms with Gasteiger partial charge in [-0.3, -0.25) is 19.3 Å². The zero-order chi connectivity index (χ0) is 37.7. The van der Waals surface area contributed by atoms with Crippen molar-refractivity contribution < 1.29 is 32.7 Å². The molecule has 0 spiro atoms. The molecule has 4 rings (SSSR count). The van der Waals surface area contributed by atoms with Crippen LogP contribution in [0.4, 0.5) is 13.6 Å². The molecule has 1 fully saturated rings. The Kier molecular flexibility index (Phi) is 12.2. The van der Waals surface area contributed by atoms with Gasteiger partial charge in [0.25, 0.3) is 5.91 Å². The van der Waals surface area contributed by atoms with E-state index in [0.717, 1.165) is 5.56 Å². The smallest absolute Gasteiger partial charge is 0.410 e. The summed E-state index contributed by atoms with van der Waals surface area (Å²) in [4.78, 5) is 58.9. The molecular formula is C37H49F2N7O5. The van der Waals surface area contributed by atoms with Gasteiger partial charge in [-0.2, -0.15) is 0 Å². The second-order valence-electron chi connectivity index (χ2n) is 15.1. The lowest BCUT2D eigenvalue weighted by Gasteiger charge is -2.38. The SMILES string of the molecule is C[C@@H](C(=O)N[C@H](C(=O)N1CCC[C@H]1CN(CCc1ccc(F)cc1)C(=O)c1cn(-c2ccc(F)cc2)nn1)C(C)(C)C)N(C)C(=O)OC(C)(C)C. The first-order valence-corrected chi connectivity index (χ1v) is 17.1. The molecule has 1 aromatic heterocycles. The second-order valence-corrected chi connectivity index (χ2v) is 15.1. The number of nitrogens with one attached hydrogen (secondary N) is 1. The first-order valence-electron chi connectivity index (χ1n) is 17.1. The van der Waals surface area contributed by atoms with Crippen LogP contribution in [0.3, 0.4) is 0 Å². The van der Waals surface area contributed by atoms with E-state index in [1.165, 1.54) is 59.2 Å². The number of amides is 4. The van der Waals surface area contributed by atoms with Crippen molar-refractivity contribution in [3.05, 3.63) is 77.6 Å². The first kappa shape index (κ1) is 38.9. The number of benzene rings is 2. The number of carbonyl (C=O) groups is 4. The highest BCUT2D eigenvalue weighted by Gasteiger charge is 2.41. The van der Waals surface area contributed by atoms with Crippen LogP contribution >= 0.6 is 0 Å². The molecule has 2 aromatic carbocycles. The molecule has 0 unspecified atom stereocenters. The number of aromatic nitrogens is 3. The van der Waals surface area contributed by atoms with Gasteiger partial charge < -0.3 is 19.9 Å². The summed E-state index contributed by atoms with van der Waals surface area (Å²) in [5.41, 5.74) is -0.0259. The van der Waals surface area contributed by atoms with E-state index in [1.54, 1.807) is 49.6 Å². The van der Waals surface area contributed by atoms with E-state index in [2.05, 4.69) is 15.6 Å². The van der Waals surface area contributed by atoms with Gasteiger partial charge >= 0.3 is 6.09 Å². The molecular weight excluding hydrogens is 660 g/mol. The lowest BCUT2D eigenvalue weighted by Crippen LogP contribution is -2.59. The predicted molar refractivity (Wildman–Crippen MR) is 187 cm³/mol. The van der Waals surface area contributed by atoms with E-state index in [0.29, 0.717) is 31.5 Å². The summed E-state index contributed by atoms with van der Waals surface area (Å²) >= 11 is 0. The Hall–Kier alpha value is -4.88. The van der Waals surface area contributed by atoms with Crippen LogP contribution in [0, 0.1) is 17.0 Å². The van der Waals surface area contributed by atoms with Crippen molar-refractivity contribution in [2.75, 3.05) is 26.7 Å². The van der Waals surface area contributed by atoms with Gasteiger partial charge in [0.15, 0.2) is 5.69 Å². The summed E-state index contributed by atoms with van der Waals surface area (Å²) in [7, 11) is 1.47. The maximum Gasteiger partial charge on any atom is 0.410 e. The predicted octanol–water partition coefficient (Wildman–Crippen LogP) is 5.01. The summed E-state index contributed by atoms with van der Waals surface area (Å²) in [5.74, 6) is -1.99. The molecule has 0 aliphatic carbocycles. The maximum atomic E-state index is 14.3. The number of carbonyl (C=O) groups excluding carboxylic acids is 4. The van der Waals surface area contributed by atoms with Crippen LogP contribution < -0.4 is 5.32 Å². The third kappa shape index (κ3) is 10.3. The van der Waals surface area contributed by atoms with E-state index >= 15 is 0 Å². The van der Waals surface area contributed by atoms with E-state index < -0.39 is 46.8 Å². The molecule has 1 aliphatic heterocycles. The summed E-state index contributed by atoms with van der Waals surface area (Å²) in [6.07, 6.45) is 2.55. The number of ether oxygens (including phenoxy) is 1. The monoisotopic (exact) mass is 709 g/mol. The average Bonchev–Trinajstić information content (AvgIpc) is 3.74. The Balaban J connectivity index is 1.54. The van der Waals surface area contributed by atoms with E-state index in [1.807, 2.05) is 20.8 Å². The maximum absolute atomic E-state index is 14.3. The Morgan fingerprint density at radius 2 is 1.59 bits per heavy atom. The normalized spacial score (nSPS) is 16.0. The van der Waals surface area contributed by atoms with Crippen LogP contribution in [-0.4, -0.2) is 104 Å². The summed E-state index contributed by atoms with van der Waals surface area (Å²) in [5, 5.41) is 11.1. The molecule has 4 amide bonds. The van der Waals surface area contributed by atoms with Gasteiger partial charge in [0.2, 0.25) is 11.8 Å². The lowest BCUT2D eigenvalue weighted by atomic mass is 9.85. The molecule has 2 heterocycles.